The van der Waals surface area contributed by atoms with Crippen molar-refractivity contribution < 1.29 is 33.4 Å². The number of nitrogens with two attached hydrogens (primary N) is 1. The van der Waals surface area contributed by atoms with Gasteiger partial charge in [-0.05, 0) is 88.0 Å². The first-order chi connectivity index (χ1) is 18.3. The molecule has 0 saturated heterocycles. The van der Waals surface area contributed by atoms with Gasteiger partial charge in [0.2, 0.25) is 0 Å². The molecule has 2 amide bonds. The van der Waals surface area contributed by atoms with Gasteiger partial charge < -0.3 is 30.6 Å². The molecule has 1 rings (SSSR count). The summed E-state index contributed by atoms with van der Waals surface area (Å²) in [5, 5.41) is 13.1. The summed E-state index contributed by atoms with van der Waals surface area (Å²) in [6, 6.07) is -2.88. The molecule has 228 valence electrons. The Morgan fingerprint density at radius 1 is 0.825 bits per heavy atom. The van der Waals surface area contributed by atoms with Crippen LogP contribution in [0.4, 0.5) is 4.79 Å². The Kier molecular flexibility index (Phi) is 13.0. The lowest BCUT2D eigenvalue weighted by molar-refractivity contribution is -0.159. The van der Waals surface area contributed by atoms with Crippen LogP contribution in [-0.2, 0) is 41.7 Å². The van der Waals surface area contributed by atoms with Crippen molar-refractivity contribution in [2.45, 2.75) is 136 Å². The van der Waals surface area contributed by atoms with E-state index in [0.29, 0.717) is 31.6 Å². The maximum atomic E-state index is 13.0. The Balaban J connectivity index is 2.89. The summed E-state index contributed by atoms with van der Waals surface area (Å²) in [5.41, 5.74) is 3.97. The van der Waals surface area contributed by atoms with Gasteiger partial charge in [-0.2, -0.15) is 0 Å². The molecule has 1 heterocycles. The molecule has 1 aromatic heterocycles. The van der Waals surface area contributed by atoms with Crippen molar-refractivity contribution >= 4 is 23.9 Å². The van der Waals surface area contributed by atoms with Gasteiger partial charge in [0.15, 0.2) is 0 Å². The van der Waals surface area contributed by atoms with Crippen molar-refractivity contribution in [1.82, 2.24) is 25.6 Å². The van der Waals surface area contributed by atoms with Crippen LogP contribution in [0.2, 0.25) is 0 Å². The number of carbonyl (C=O) groups is 4. The molecule has 0 saturated carbocycles. The second kappa shape index (κ2) is 15.0. The minimum atomic E-state index is -1.14. The van der Waals surface area contributed by atoms with E-state index >= 15 is 0 Å². The number of nitrogens with zero attached hydrogens (tertiary/aromatic N) is 3. The average Bonchev–Trinajstić information content (AvgIpc) is 3.23. The van der Waals surface area contributed by atoms with Gasteiger partial charge in [0.1, 0.15) is 28.9 Å². The van der Waals surface area contributed by atoms with Crippen LogP contribution in [0.25, 0.3) is 0 Å². The fourth-order valence-corrected chi connectivity index (χ4v) is 3.42. The first-order valence-electron chi connectivity index (χ1n) is 13.6. The summed E-state index contributed by atoms with van der Waals surface area (Å²) >= 11 is 0. The number of urea groups is 1. The average molecular weight is 569 g/mol. The van der Waals surface area contributed by atoms with Crippen LogP contribution in [0, 0.1) is 0 Å². The first kappa shape index (κ1) is 34.8. The van der Waals surface area contributed by atoms with Crippen molar-refractivity contribution in [3.63, 3.8) is 0 Å². The number of ether oxygens (including phenoxy) is 3. The summed E-state index contributed by atoms with van der Waals surface area (Å²) in [7, 11) is 0. The monoisotopic (exact) mass is 568 g/mol. The Hall–Kier alpha value is -3.22. The molecule has 4 N–H and O–H groups in total. The number of carbonyl (C=O) groups excluding carboxylic acids is 4. The highest BCUT2D eigenvalue weighted by atomic mass is 16.6. The van der Waals surface area contributed by atoms with Crippen LogP contribution in [0.5, 0.6) is 0 Å². The van der Waals surface area contributed by atoms with Crippen molar-refractivity contribution in [1.29, 1.82) is 0 Å². The van der Waals surface area contributed by atoms with Crippen LogP contribution in [0.3, 0.4) is 0 Å². The molecular weight excluding hydrogens is 520 g/mol. The Morgan fingerprint density at radius 2 is 1.32 bits per heavy atom. The van der Waals surface area contributed by atoms with E-state index in [2.05, 4.69) is 20.9 Å². The summed E-state index contributed by atoms with van der Waals surface area (Å²) in [6.07, 6.45) is 3.10. The van der Waals surface area contributed by atoms with Gasteiger partial charge in [-0.1, -0.05) is 5.21 Å². The molecule has 0 aromatic carbocycles. The highest BCUT2D eigenvalue weighted by molar-refractivity contribution is 5.87. The molecule has 0 bridgehead atoms. The van der Waals surface area contributed by atoms with E-state index in [-0.39, 0.29) is 19.3 Å². The lowest BCUT2D eigenvalue weighted by atomic mass is 10.1. The summed E-state index contributed by atoms with van der Waals surface area (Å²) in [6.45, 7) is 16.4. The molecule has 0 aliphatic heterocycles. The molecule has 0 spiro atoms. The molecule has 13 nitrogen and oxygen atoms in total. The Labute approximate surface area is 237 Å². The van der Waals surface area contributed by atoms with Gasteiger partial charge in [0, 0.05) is 25.7 Å². The molecule has 0 unspecified atom stereocenters. The Morgan fingerprint density at radius 3 is 1.77 bits per heavy atom. The lowest BCUT2D eigenvalue weighted by Gasteiger charge is -2.27. The van der Waals surface area contributed by atoms with E-state index in [1.54, 1.807) is 73.2 Å². The number of amides is 2. The van der Waals surface area contributed by atoms with Crippen molar-refractivity contribution in [3.8, 4) is 0 Å². The highest BCUT2D eigenvalue weighted by Gasteiger charge is 2.31. The zero-order chi connectivity index (χ0) is 30.7. The number of esters is 3. The van der Waals surface area contributed by atoms with Crippen LogP contribution < -0.4 is 16.4 Å². The second-order valence-electron chi connectivity index (χ2n) is 12.6. The zero-order valence-electron chi connectivity index (χ0n) is 25.5. The van der Waals surface area contributed by atoms with E-state index in [1.165, 1.54) is 0 Å². The number of unbranched alkanes of at least 4 members (excludes halogenated alkanes) is 1. The Bertz CT molecular complexity index is 989. The van der Waals surface area contributed by atoms with Crippen molar-refractivity contribution in [2.75, 3.05) is 0 Å². The number of rotatable bonds is 13. The van der Waals surface area contributed by atoms with Gasteiger partial charge in [-0.3, -0.25) is 9.48 Å². The first-order valence-corrected chi connectivity index (χ1v) is 13.6. The number of nitrogens with one attached hydrogen (secondary N) is 2. The van der Waals surface area contributed by atoms with E-state index in [0.717, 1.165) is 0 Å². The molecule has 0 radical (unpaired) electrons. The predicted molar refractivity (Wildman–Crippen MR) is 148 cm³/mol. The number of aryl methyl sites for hydroxylation is 1. The summed E-state index contributed by atoms with van der Waals surface area (Å²) < 4.78 is 17.9. The normalized spacial score (nSPS) is 13.7. The lowest BCUT2D eigenvalue weighted by Crippen LogP contribution is -2.53. The van der Waals surface area contributed by atoms with Gasteiger partial charge in [0.25, 0.3) is 0 Å². The maximum absolute atomic E-state index is 13.0. The molecule has 13 heteroatoms. The topological polar surface area (TPSA) is 177 Å². The van der Waals surface area contributed by atoms with Gasteiger partial charge in [-0.25, -0.2) is 14.4 Å². The van der Waals surface area contributed by atoms with Crippen LogP contribution in [0.1, 0.15) is 100 Å². The van der Waals surface area contributed by atoms with E-state index in [9.17, 15) is 19.2 Å². The van der Waals surface area contributed by atoms with E-state index in [1.807, 2.05) is 0 Å². The number of hydrogen-bond acceptors (Lipinski definition) is 10. The van der Waals surface area contributed by atoms with Gasteiger partial charge >= 0.3 is 23.9 Å². The fraction of sp³-hybridized carbons (Fsp3) is 0.778. The third-order valence-electron chi connectivity index (χ3n) is 4.98. The van der Waals surface area contributed by atoms with Crippen LogP contribution in [0.15, 0.2) is 6.20 Å². The minimum absolute atomic E-state index is 0.0446. The third kappa shape index (κ3) is 15.4. The fourth-order valence-electron chi connectivity index (χ4n) is 3.42. The summed E-state index contributed by atoms with van der Waals surface area (Å²) in [5.74, 6) is -1.82. The molecule has 0 fully saturated rings. The summed E-state index contributed by atoms with van der Waals surface area (Å²) in [4.78, 5) is 51.0. The molecule has 0 aliphatic carbocycles. The zero-order valence-corrected chi connectivity index (χ0v) is 25.5. The quantitative estimate of drug-likeness (QED) is 0.182. The third-order valence-corrected chi connectivity index (χ3v) is 4.98. The van der Waals surface area contributed by atoms with Crippen molar-refractivity contribution in [3.05, 3.63) is 11.9 Å². The van der Waals surface area contributed by atoms with E-state index in [4.69, 9.17) is 19.9 Å². The maximum Gasteiger partial charge on any atom is 0.329 e. The minimum Gasteiger partial charge on any atom is -0.460 e. The number of aromatic nitrogens is 3. The molecular formula is C27H48N6O7. The van der Waals surface area contributed by atoms with E-state index < -0.39 is 52.8 Å². The molecule has 1 aromatic rings. The van der Waals surface area contributed by atoms with Gasteiger partial charge in [0.05, 0.1) is 5.69 Å². The smallest absolute Gasteiger partial charge is 0.329 e. The number of hydrogen-bond donors (Lipinski definition) is 3. The molecule has 2 atom stereocenters. The predicted octanol–water partition coefficient (Wildman–Crippen LogP) is 2.75. The SMILES string of the molecule is CC(C)(C)OC(=O)CC[C@H](NC(=O)N[C@@H](CCCCn1cc(CN)nn1)C(=O)OC(C)(C)C)C(=O)OC(C)(C)C. The van der Waals surface area contributed by atoms with Crippen LogP contribution >= 0.6 is 0 Å². The van der Waals surface area contributed by atoms with Crippen LogP contribution in [-0.4, -0.2) is 67.8 Å². The standard InChI is InChI=1S/C27H48N6O7/c1-25(2,3)38-21(34)14-13-20(23(36)40-27(7,8)9)30-24(37)29-19(22(35)39-26(4,5)6)12-10-11-15-33-17-18(16-28)31-32-33/h17,19-20H,10-16,28H2,1-9H3,(H2,29,30,37)/t19-,20-/m0/s1. The highest BCUT2D eigenvalue weighted by Crippen LogP contribution is 2.15. The van der Waals surface area contributed by atoms with Crippen molar-refractivity contribution in [2.24, 2.45) is 5.73 Å². The molecule has 40 heavy (non-hydrogen) atoms. The largest absolute Gasteiger partial charge is 0.460 e. The second-order valence-corrected chi connectivity index (χ2v) is 12.6. The van der Waals surface area contributed by atoms with Gasteiger partial charge in [-0.15, -0.1) is 5.10 Å². The molecule has 0 aliphatic rings.